The Bertz CT molecular complexity index is 406. The summed E-state index contributed by atoms with van der Waals surface area (Å²) < 4.78 is 2.14. The van der Waals surface area contributed by atoms with E-state index < -0.39 is 0 Å². The molecule has 0 bridgehead atoms. The Morgan fingerprint density at radius 1 is 1.53 bits per heavy atom. The van der Waals surface area contributed by atoms with Gasteiger partial charge in [-0.05, 0) is 32.1 Å². The van der Waals surface area contributed by atoms with Crippen LogP contribution < -0.4 is 5.73 Å². The van der Waals surface area contributed by atoms with Crippen molar-refractivity contribution in [1.29, 1.82) is 0 Å². The van der Waals surface area contributed by atoms with E-state index in [9.17, 15) is 0 Å². The molecule has 1 aliphatic heterocycles. The van der Waals surface area contributed by atoms with Gasteiger partial charge in [0, 0.05) is 18.5 Å². The molecular formula is C11H16ClN3. The lowest BCUT2D eigenvalue weighted by molar-refractivity contribution is 0.311. The van der Waals surface area contributed by atoms with Gasteiger partial charge in [0.05, 0.1) is 5.69 Å². The third-order valence-corrected chi connectivity index (χ3v) is 4.39. The number of nitrogens with zero attached hydrogens (tertiary/aromatic N) is 2. The highest BCUT2D eigenvalue weighted by molar-refractivity contribution is 6.30. The highest BCUT2D eigenvalue weighted by Crippen LogP contribution is 2.44. The van der Waals surface area contributed by atoms with Gasteiger partial charge in [0.2, 0.25) is 0 Å². The zero-order valence-electron chi connectivity index (χ0n) is 8.96. The van der Waals surface area contributed by atoms with Gasteiger partial charge >= 0.3 is 0 Å². The van der Waals surface area contributed by atoms with Crippen LogP contribution in [-0.2, 0) is 13.0 Å². The zero-order chi connectivity index (χ0) is 10.6. The quantitative estimate of drug-likeness (QED) is 0.794. The summed E-state index contributed by atoms with van der Waals surface area (Å²) >= 11 is 6.17. The molecule has 3 nitrogen and oxygen atoms in total. The van der Waals surface area contributed by atoms with Crippen LogP contribution in [0.5, 0.6) is 0 Å². The molecule has 3 rings (SSSR count). The SMILES string of the molecule is Cc1nc2n(c1Cl)CCC(C1(N)CC1)C2. The molecule has 0 amide bonds. The number of hydrogen-bond donors (Lipinski definition) is 1. The number of aromatic nitrogens is 2. The molecule has 2 N–H and O–H groups in total. The zero-order valence-corrected chi connectivity index (χ0v) is 9.72. The molecule has 1 aliphatic carbocycles. The number of imidazole rings is 1. The fraction of sp³-hybridized carbons (Fsp3) is 0.727. The maximum absolute atomic E-state index is 6.25. The highest BCUT2D eigenvalue weighted by Gasteiger charge is 2.46. The summed E-state index contributed by atoms with van der Waals surface area (Å²) in [5.41, 5.74) is 7.33. The molecule has 2 aliphatic rings. The van der Waals surface area contributed by atoms with Crippen molar-refractivity contribution in [1.82, 2.24) is 9.55 Å². The monoisotopic (exact) mass is 225 g/mol. The van der Waals surface area contributed by atoms with Crippen molar-refractivity contribution in [2.75, 3.05) is 0 Å². The summed E-state index contributed by atoms with van der Waals surface area (Å²) in [4.78, 5) is 4.52. The van der Waals surface area contributed by atoms with Crippen molar-refractivity contribution in [3.05, 3.63) is 16.7 Å². The van der Waals surface area contributed by atoms with E-state index in [4.69, 9.17) is 17.3 Å². The fourth-order valence-corrected chi connectivity index (χ4v) is 2.87. The van der Waals surface area contributed by atoms with Gasteiger partial charge in [0.1, 0.15) is 11.0 Å². The molecule has 1 saturated carbocycles. The van der Waals surface area contributed by atoms with Gasteiger partial charge in [0.15, 0.2) is 0 Å². The Kier molecular flexibility index (Phi) is 1.92. The van der Waals surface area contributed by atoms with Crippen LogP contribution in [0.2, 0.25) is 5.15 Å². The van der Waals surface area contributed by atoms with E-state index in [1.54, 1.807) is 0 Å². The summed E-state index contributed by atoms with van der Waals surface area (Å²) in [5, 5.41) is 0.810. The van der Waals surface area contributed by atoms with Gasteiger partial charge in [-0.15, -0.1) is 0 Å². The molecule has 82 valence electrons. The minimum Gasteiger partial charge on any atom is -0.325 e. The van der Waals surface area contributed by atoms with Crippen LogP contribution in [0.25, 0.3) is 0 Å². The van der Waals surface area contributed by atoms with Crippen molar-refractivity contribution in [2.45, 2.75) is 44.7 Å². The fourth-order valence-electron chi connectivity index (χ4n) is 2.64. The van der Waals surface area contributed by atoms with E-state index in [2.05, 4.69) is 9.55 Å². The second-order valence-corrected chi connectivity index (χ2v) is 5.34. The molecule has 0 radical (unpaired) electrons. The van der Waals surface area contributed by atoms with Crippen LogP contribution >= 0.6 is 11.6 Å². The lowest BCUT2D eigenvalue weighted by atomic mass is 9.88. The second kappa shape index (κ2) is 2.98. The second-order valence-electron chi connectivity index (χ2n) is 4.98. The predicted octanol–water partition coefficient (Wildman–Crippen LogP) is 1.90. The third-order valence-electron chi connectivity index (χ3n) is 3.91. The van der Waals surface area contributed by atoms with Gasteiger partial charge in [-0.1, -0.05) is 11.6 Å². The van der Waals surface area contributed by atoms with E-state index >= 15 is 0 Å². The summed E-state index contributed by atoms with van der Waals surface area (Å²) in [7, 11) is 0. The van der Waals surface area contributed by atoms with Crippen molar-refractivity contribution in [2.24, 2.45) is 11.7 Å². The molecule has 1 unspecified atom stereocenters. The minimum absolute atomic E-state index is 0.123. The normalized spacial score (nSPS) is 27.5. The van der Waals surface area contributed by atoms with Crippen molar-refractivity contribution in [3.8, 4) is 0 Å². The molecule has 1 aromatic heterocycles. The lowest BCUT2D eigenvalue weighted by Crippen LogP contribution is -2.37. The Labute approximate surface area is 94.6 Å². The van der Waals surface area contributed by atoms with Crippen LogP contribution in [0.4, 0.5) is 0 Å². The van der Waals surface area contributed by atoms with Crippen LogP contribution in [0, 0.1) is 12.8 Å². The molecule has 1 fully saturated rings. The Morgan fingerprint density at radius 2 is 2.27 bits per heavy atom. The highest BCUT2D eigenvalue weighted by atomic mass is 35.5. The average Bonchev–Trinajstić information content (AvgIpc) is 2.90. The number of halogens is 1. The number of fused-ring (bicyclic) bond motifs is 1. The molecule has 0 aromatic carbocycles. The molecule has 1 aromatic rings. The van der Waals surface area contributed by atoms with Gasteiger partial charge in [-0.25, -0.2) is 4.98 Å². The van der Waals surface area contributed by atoms with Gasteiger partial charge in [0.25, 0.3) is 0 Å². The molecule has 0 saturated heterocycles. The smallest absolute Gasteiger partial charge is 0.131 e. The van der Waals surface area contributed by atoms with Gasteiger partial charge in [-0.2, -0.15) is 0 Å². The van der Waals surface area contributed by atoms with Crippen molar-refractivity contribution in [3.63, 3.8) is 0 Å². The van der Waals surface area contributed by atoms with E-state index in [1.807, 2.05) is 6.92 Å². The van der Waals surface area contributed by atoms with Crippen molar-refractivity contribution >= 4 is 11.6 Å². The maximum atomic E-state index is 6.25. The molecule has 0 spiro atoms. The number of hydrogen-bond acceptors (Lipinski definition) is 2. The Balaban J connectivity index is 1.90. The third kappa shape index (κ3) is 1.41. The van der Waals surface area contributed by atoms with Crippen LogP contribution in [-0.4, -0.2) is 15.1 Å². The standard InChI is InChI=1S/C11H16ClN3/c1-7-10(12)15-5-2-8(6-9(15)14-7)11(13)3-4-11/h8H,2-6,13H2,1H3. The maximum Gasteiger partial charge on any atom is 0.131 e. The molecule has 4 heteroatoms. The lowest BCUT2D eigenvalue weighted by Gasteiger charge is -2.28. The summed E-state index contributed by atoms with van der Waals surface area (Å²) in [6.45, 7) is 2.95. The molecule has 1 atom stereocenters. The van der Waals surface area contributed by atoms with Crippen molar-refractivity contribution < 1.29 is 0 Å². The first-order valence-corrected chi connectivity index (χ1v) is 5.98. The predicted molar refractivity (Wildman–Crippen MR) is 59.9 cm³/mol. The van der Waals surface area contributed by atoms with E-state index in [0.717, 1.165) is 36.1 Å². The summed E-state index contributed by atoms with van der Waals surface area (Å²) in [6.07, 6.45) is 4.53. The molecular weight excluding hydrogens is 210 g/mol. The van der Waals surface area contributed by atoms with E-state index in [1.165, 1.54) is 12.8 Å². The first-order chi connectivity index (χ1) is 7.10. The summed E-state index contributed by atoms with van der Waals surface area (Å²) in [5.74, 6) is 1.74. The average molecular weight is 226 g/mol. The van der Waals surface area contributed by atoms with Gasteiger partial charge < -0.3 is 10.3 Å². The van der Waals surface area contributed by atoms with E-state index in [-0.39, 0.29) is 5.54 Å². The van der Waals surface area contributed by atoms with Gasteiger partial charge in [-0.3, -0.25) is 0 Å². The Morgan fingerprint density at radius 3 is 2.93 bits per heavy atom. The van der Waals surface area contributed by atoms with E-state index in [0.29, 0.717) is 5.92 Å². The topological polar surface area (TPSA) is 43.8 Å². The number of rotatable bonds is 1. The van der Waals surface area contributed by atoms with Crippen LogP contribution in [0.3, 0.4) is 0 Å². The first kappa shape index (κ1) is 9.67. The molecule has 15 heavy (non-hydrogen) atoms. The largest absolute Gasteiger partial charge is 0.325 e. The molecule has 2 heterocycles. The van der Waals surface area contributed by atoms with Crippen LogP contribution in [0.15, 0.2) is 0 Å². The minimum atomic E-state index is 0.123. The summed E-state index contributed by atoms with van der Waals surface area (Å²) in [6, 6.07) is 0. The number of aryl methyl sites for hydroxylation is 1. The Hall–Kier alpha value is -0.540. The first-order valence-electron chi connectivity index (χ1n) is 5.60. The number of nitrogens with two attached hydrogens (primary N) is 1. The van der Waals surface area contributed by atoms with Crippen LogP contribution in [0.1, 0.15) is 30.8 Å².